The van der Waals surface area contributed by atoms with Crippen molar-refractivity contribution in [1.29, 1.82) is 0 Å². The van der Waals surface area contributed by atoms with E-state index in [4.69, 9.17) is 0 Å². The van der Waals surface area contributed by atoms with Crippen molar-refractivity contribution in [3.63, 3.8) is 0 Å². The van der Waals surface area contributed by atoms with Gasteiger partial charge in [-0.25, -0.2) is 13.4 Å². The molecular weight excluding hydrogens is 308 g/mol. The highest BCUT2D eigenvalue weighted by atomic mass is 32.2. The Labute approximate surface area is 130 Å². The molecule has 1 aliphatic rings. The van der Waals surface area contributed by atoms with Crippen LogP contribution in [0.1, 0.15) is 24.0 Å². The topological polar surface area (TPSA) is 83.4 Å². The van der Waals surface area contributed by atoms with Gasteiger partial charge < -0.3 is 10.6 Å². The van der Waals surface area contributed by atoms with E-state index in [1.807, 2.05) is 13.8 Å². The van der Waals surface area contributed by atoms with Crippen LogP contribution in [0.4, 0.5) is 0 Å². The smallest absolute Gasteiger partial charge is 0.191 e. The van der Waals surface area contributed by atoms with Gasteiger partial charge in [0.2, 0.25) is 0 Å². The van der Waals surface area contributed by atoms with Crippen LogP contribution in [0.25, 0.3) is 0 Å². The SMILES string of the molecule is CCNC(=NCCc1csc(C)n1)NC1CCS(=O)(=O)C1. The van der Waals surface area contributed by atoms with Crippen LogP contribution in [0.15, 0.2) is 10.4 Å². The zero-order valence-corrected chi connectivity index (χ0v) is 14.1. The molecule has 1 aromatic heterocycles. The summed E-state index contributed by atoms with van der Waals surface area (Å²) < 4.78 is 22.9. The Morgan fingerprint density at radius 1 is 1.57 bits per heavy atom. The van der Waals surface area contributed by atoms with E-state index in [2.05, 4.69) is 26.0 Å². The Kier molecular flexibility index (Phi) is 5.58. The van der Waals surface area contributed by atoms with Crippen LogP contribution < -0.4 is 10.6 Å². The molecule has 118 valence electrons. The fourth-order valence-electron chi connectivity index (χ4n) is 2.23. The first kappa shape index (κ1) is 16.2. The minimum absolute atomic E-state index is 0.0330. The number of hydrogen-bond donors (Lipinski definition) is 2. The first-order chi connectivity index (χ1) is 9.98. The molecule has 6 nitrogen and oxygen atoms in total. The molecule has 1 atom stereocenters. The van der Waals surface area contributed by atoms with Crippen LogP contribution in [0, 0.1) is 6.92 Å². The van der Waals surface area contributed by atoms with Gasteiger partial charge in [0.25, 0.3) is 0 Å². The highest BCUT2D eigenvalue weighted by Crippen LogP contribution is 2.11. The number of aliphatic imine (C=N–C) groups is 1. The van der Waals surface area contributed by atoms with Gasteiger partial charge in [-0.2, -0.15) is 0 Å². The van der Waals surface area contributed by atoms with E-state index in [0.29, 0.717) is 18.9 Å². The highest BCUT2D eigenvalue weighted by molar-refractivity contribution is 7.91. The molecule has 0 spiro atoms. The normalized spacial score (nSPS) is 21.4. The fraction of sp³-hybridized carbons (Fsp3) is 0.692. The van der Waals surface area contributed by atoms with Crippen LogP contribution in [0.3, 0.4) is 0 Å². The number of guanidine groups is 1. The number of hydrogen-bond acceptors (Lipinski definition) is 5. The van der Waals surface area contributed by atoms with Gasteiger partial charge in [0, 0.05) is 30.9 Å². The van der Waals surface area contributed by atoms with Gasteiger partial charge >= 0.3 is 0 Å². The molecule has 2 N–H and O–H groups in total. The standard InChI is InChI=1S/C13H22N4O2S2/c1-3-14-13(17-12-5-7-21(18,19)9-12)15-6-4-11-8-20-10(2)16-11/h8,12H,3-7,9H2,1-2H3,(H2,14,15,17). The quantitative estimate of drug-likeness (QED) is 0.614. The maximum absolute atomic E-state index is 11.5. The third-order valence-electron chi connectivity index (χ3n) is 3.22. The molecule has 0 bridgehead atoms. The zero-order chi connectivity index (χ0) is 15.3. The summed E-state index contributed by atoms with van der Waals surface area (Å²) in [6, 6.07) is -0.0330. The van der Waals surface area contributed by atoms with Gasteiger partial charge in [0.1, 0.15) is 0 Å². The van der Waals surface area contributed by atoms with Gasteiger partial charge in [-0.1, -0.05) is 0 Å². The van der Waals surface area contributed by atoms with Gasteiger partial charge in [0.05, 0.1) is 22.2 Å². The Bertz CT molecular complexity index is 595. The maximum Gasteiger partial charge on any atom is 0.191 e. The van der Waals surface area contributed by atoms with E-state index < -0.39 is 9.84 Å². The summed E-state index contributed by atoms with van der Waals surface area (Å²) in [6.45, 7) is 5.37. The van der Waals surface area contributed by atoms with Crippen molar-refractivity contribution < 1.29 is 8.42 Å². The average molecular weight is 330 g/mol. The molecule has 1 aliphatic heterocycles. The molecule has 0 radical (unpaired) electrons. The zero-order valence-electron chi connectivity index (χ0n) is 12.4. The monoisotopic (exact) mass is 330 g/mol. The summed E-state index contributed by atoms with van der Waals surface area (Å²) in [5.74, 6) is 1.15. The summed E-state index contributed by atoms with van der Waals surface area (Å²) >= 11 is 1.64. The molecule has 1 saturated heterocycles. The largest absolute Gasteiger partial charge is 0.357 e. The van der Waals surface area contributed by atoms with Crippen molar-refractivity contribution >= 4 is 27.1 Å². The van der Waals surface area contributed by atoms with Crippen molar-refractivity contribution in [1.82, 2.24) is 15.6 Å². The molecule has 8 heteroatoms. The van der Waals surface area contributed by atoms with Crippen molar-refractivity contribution in [3.05, 3.63) is 16.1 Å². The van der Waals surface area contributed by atoms with Gasteiger partial charge in [-0.05, 0) is 20.3 Å². The second-order valence-corrected chi connectivity index (χ2v) is 8.40. The molecule has 2 heterocycles. The van der Waals surface area contributed by atoms with Crippen LogP contribution in [-0.4, -0.2) is 50.0 Å². The van der Waals surface area contributed by atoms with E-state index in [9.17, 15) is 8.42 Å². The molecule has 0 aliphatic carbocycles. The minimum atomic E-state index is -2.87. The Morgan fingerprint density at radius 2 is 2.38 bits per heavy atom. The number of aryl methyl sites for hydroxylation is 1. The number of nitrogens with zero attached hydrogens (tertiary/aromatic N) is 2. The number of aromatic nitrogens is 1. The molecule has 1 unspecified atom stereocenters. The van der Waals surface area contributed by atoms with Crippen molar-refractivity contribution in [3.8, 4) is 0 Å². The fourth-order valence-corrected chi connectivity index (χ4v) is 4.55. The van der Waals surface area contributed by atoms with Crippen LogP contribution in [-0.2, 0) is 16.3 Å². The molecule has 2 rings (SSSR count). The number of sulfone groups is 1. The Balaban J connectivity index is 1.87. The molecular formula is C13H22N4O2S2. The first-order valence-electron chi connectivity index (χ1n) is 7.15. The van der Waals surface area contributed by atoms with E-state index in [0.717, 1.165) is 23.7 Å². The van der Waals surface area contributed by atoms with Crippen molar-refractivity contribution in [2.45, 2.75) is 32.7 Å². The maximum atomic E-state index is 11.5. The predicted octanol–water partition coefficient (Wildman–Crippen LogP) is 0.736. The van der Waals surface area contributed by atoms with E-state index >= 15 is 0 Å². The lowest BCUT2D eigenvalue weighted by Gasteiger charge is -2.15. The molecule has 1 fully saturated rings. The predicted molar refractivity (Wildman–Crippen MR) is 86.7 cm³/mol. The first-order valence-corrected chi connectivity index (χ1v) is 9.85. The van der Waals surface area contributed by atoms with Crippen LogP contribution in [0.2, 0.25) is 0 Å². The molecule has 21 heavy (non-hydrogen) atoms. The second kappa shape index (κ2) is 7.22. The van der Waals surface area contributed by atoms with E-state index in [-0.39, 0.29) is 17.5 Å². The highest BCUT2D eigenvalue weighted by Gasteiger charge is 2.28. The summed E-state index contributed by atoms with van der Waals surface area (Å²) in [7, 11) is -2.87. The second-order valence-electron chi connectivity index (χ2n) is 5.11. The molecule has 0 amide bonds. The van der Waals surface area contributed by atoms with Crippen molar-refractivity contribution in [2.24, 2.45) is 4.99 Å². The van der Waals surface area contributed by atoms with E-state index in [1.165, 1.54) is 0 Å². The van der Waals surface area contributed by atoms with Crippen LogP contribution in [0.5, 0.6) is 0 Å². The number of thiazole rings is 1. The lowest BCUT2D eigenvalue weighted by Crippen LogP contribution is -2.44. The summed E-state index contributed by atoms with van der Waals surface area (Å²) in [6.07, 6.45) is 1.45. The lowest BCUT2D eigenvalue weighted by molar-refractivity contribution is 0.599. The lowest BCUT2D eigenvalue weighted by atomic mass is 10.3. The summed E-state index contributed by atoms with van der Waals surface area (Å²) in [5.41, 5.74) is 1.06. The Morgan fingerprint density at radius 3 is 2.95 bits per heavy atom. The van der Waals surface area contributed by atoms with Crippen molar-refractivity contribution in [2.75, 3.05) is 24.6 Å². The summed E-state index contributed by atoms with van der Waals surface area (Å²) in [5, 5.41) is 9.48. The Hall–Kier alpha value is -1.15. The third kappa shape index (κ3) is 5.28. The van der Waals surface area contributed by atoms with E-state index in [1.54, 1.807) is 11.3 Å². The summed E-state index contributed by atoms with van der Waals surface area (Å²) in [4.78, 5) is 8.90. The molecule has 0 saturated carbocycles. The number of rotatable bonds is 5. The van der Waals surface area contributed by atoms with Gasteiger partial charge in [-0.15, -0.1) is 11.3 Å². The van der Waals surface area contributed by atoms with Crippen LogP contribution >= 0.6 is 11.3 Å². The molecule has 0 aromatic carbocycles. The third-order valence-corrected chi connectivity index (χ3v) is 5.81. The minimum Gasteiger partial charge on any atom is -0.357 e. The van der Waals surface area contributed by atoms with Gasteiger partial charge in [0.15, 0.2) is 15.8 Å². The average Bonchev–Trinajstić information content (AvgIpc) is 2.96. The van der Waals surface area contributed by atoms with Gasteiger partial charge in [-0.3, -0.25) is 4.99 Å². The molecule has 1 aromatic rings. The number of nitrogens with one attached hydrogen (secondary N) is 2.